The third-order valence-corrected chi connectivity index (χ3v) is 5.74. The number of pyridine rings is 1. The molecule has 196 valence electrons. The van der Waals surface area contributed by atoms with Gasteiger partial charge in [0.25, 0.3) is 0 Å². The van der Waals surface area contributed by atoms with Crippen LogP contribution in [0.2, 0.25) is 5.02 Å². The zero-order chi connectivity index (χ0) is 27.3. The Hall–Kier alpha value is -4.57. The summed E-state index contributed by atoms with van der Waals surface area (Å²) < 4.78 is 7.62. The molecule has 4 aromatic rings. The highest BCUT2D eigenvalue weighted by atomic mass is 35.5. The van der Waals surface area contributed by atoms with Crippen molar-refractivity contribution in [2.45, 2.75) is 26.2 Å². The molecule has 38 heavy (non-hydrogen) atoms. The van der Waals surface area contributed by atoms with Gasteiger partial charge in [0, 0.05) is 41.5 Å². The molecule has 0 aliphatic rings. The molecule has 11 heteroatoms. The van der Waals surface area contributed by atoms with Crippen molar-refractivity contribution < 1.29 is 14.3 Å². The van der Waals surface area contributed by atoms with Gasteiger partial charge in [0.1, 0.15) is 17.3 Å². The maximum atomic E-state index is 12.9. The van der Waals surface area contributed by atoms with E-state index in [2.05, 4.69) is 47.0 Å². The van der Waals surface area contributed by atoms with Crippen LogP contribution < -0.4 is 26.0 Å². The van der Waals surface area contributed by atoms with Crippen LogP contribution in [0.25, 0.3) is 5.69 Å². The molecule has 2 aromatic heterocycles. The number of aromatic nitrogens is 3. The molecular weight excluding hydrogens is 506 g/mol. The molecule has 3 amide bonds. The first-order chi connectivity index (χ1) is 18.2. The largest absolute Gasteiger partial charge is 0.455 e. The Morgan fingerprint density at radius 2 is 1.74 bits per heavy atom. The predicted octanol–water partition coefficient (Wildman–Crippen LogP) is 6.26. The molecular formula is C27H28ClN7O3. The fraction of sp³-hybridized carbons (Fsp3) is 0.185. The van der Waals surface area contributed by atoms with Crippen molar-refractivity contribution in [3.05, 3.63) is 77.6 Å². The number of ether oxygens (including phenoxy) is 1. The Morgan fingerprint density at radius 1 is 1.03 bits per heavy atom. The summed E-state index contributed by atoms with van der Waals surface area (Å²) in [7, 11) is 1.70. The van der Waals surface area contributed by atoms with Crippen molar-refractivity contribution in [2.24, 2.45) is 0 Å². The normalized spacial score (nSPS) is 11.0. The summed E-state index contributed by atoms with van der Waals surface area (Å²) in [6, 6.07) is 17.2. The molecule has 4 N–H and O–H groups in total. The van der Waals surface area contributed by atoms with Crippen LogP contribution in [0, 0.1) is 0 Å². The Balaban J connectivity index is 1.48. The Morgan fingerprint density at radius 3 is 2.37 bits per heavy atom. The molecule has 0 fully saturated rings. The van der Waals surface area contributed by atoms with Gasteiger partial charge in [0.05, 0.1) is 11.4 Å². The highest BCUT2D eigenvalue weighted by Crippen LogP contribution is 2.34. The minimum atomic E-state index is -0.426. The maximum Gasteiger partial charge on any atom is 0.324 e. The van der Waals surface area contributed by atoms with E-state index in [9.17, 15) is 9.59 Å². The predicted molar refractivity (Wildman–Crippen MR) is 150 cm³/mol. The van der Waals surface area contributed by atoms with Crippen molar-refractivity contribution in [2.75, 3.05) is 28.3 Å². The number of amides is 3. The molecule has 0 radical (unpaired) electrons. The number of urea groups is 1. The molecule has 2 heterocycles. The van der Waals surface area contributed by atoms with Gasteiger partial charge in [-0.25, -0.2) is 14.5 Å². The van der Waals surface area contributed by atoms with Crippen LogP contribution in [0.15, 0.2) is 66.9 Å². The van der Waals surface area contributed by atoms with E-state index in [0.29, 0.717) is 45.9 Å². The van der Waals surface area contributed by atoms with Crippen LogP contribution >= 0.6 is 11.6 Å². The lowest BCUT2D eigenvalue weighted by atomic mass is 9.92. The fourth-order valence-corrected chi connectivity index (χ4v) is 3.69. The number of rotatable bonds is 8. The molecule has 0 unspecified atom stereocenters. The second kappa shape index (κ2) is 11.2. The summed E-state index contributed by atoms with van der Waals surface area (Å²) >= 11 is 6.04. The van der Waals surface area contributed by atoms with Crippen molar-refractivity contribution in [1.29, 1.82) is 0 Å². The minimum Gasteiger partial charge on any atom is -0.455 e. The summed E-state index contributed by atoms with van der Waals surface area (Å²) in [5.41, 5.74) is 2.48. The lowest BCUT2D eigenvalue weighted by Gasteiger charge is -2.14. The highest BCUT2D eigenvalue weighted by Gasteiger charge is 2.21. The number of carbonyl (C=O) groups excluding carboxylic acids is 2. The van der Waals surface area contributed by atoms with Crippen LogP contribution in [-0.2, 0) is 10.2 Å². The Bertz CT molecular complexity index is 1430. The van der Waals surface area contributed by atoms with Crippen molar-refractivity contribution in [3.63, 3.8) is 0 Å². The smallest absolute Gasteiger partial charge is 0.324 e. The first kappa shape index (κ1) is 26.5. The van der Waals surface area contributed by atoms with E-state index in [-0.39, 0.29) is 5.41 Å². The van der Waals surface area contributed by atoms with Gasteiger partial charge in [-0.15, -0.1) is 0 Å². The zero-order valence-electron chi connectivity index (χ0n) is 21.4. The average Bonchev–Trinajstić information content (AvgIpc) is 3.30. The van der Waals surface area contributed by atoms with E-state index >= 15 is 0 Å². The molecule has 0 spiro atoms. The van der Waals surface area contributed by atoms with E-state index in [1.54, 1.807) is 54.2 Å². The number of halogens is 1. The molecule has 4 rings (SSSR count). The number of hydrogen-bond acceptors (Lipinski definition) is 6. The van der Waals surface area contributed by atoms with Crippen LogP contribution in [0.4, 0.5) is 27.8 Å². The number of hydrogen-bond donors (Lipinski definition) is 4. The molecule has 0 aliphatic carbocycles. The molecule has 2 aromatic carbocycles. The quantitative estimate of drug-likeness (QED) is 0.198. The van der Waals surface area contributed by atoms with E-state index in [4.69, 9.17) is 21.4 Å². The number of nitrogens with one attached hydrogen (secondary N) is 4. The molecule has 0 atom stereocenters. The van der Waals surface area contributed by atoms with Crippen molar-refractivity contribution in [1.82, 2.24) is 14.8 Å². The van der Waals surface area contributed by atoms with Gasteiger partial charge < -0.3 is 20.7 Å². The SMILES string of the molecule is CNc1c(Oc2ccc(NC(=O)Nc3cc(C(C)(C)C)nn3-c3ccc(Cl)cc3)cc2)ccnc1NC=O. The maximum absolute atomic E-state index is 12.9. The van der Waals surface area contributed by atoms with E-state index in [1.807, 2.05) is 18.2 Å². The third-order valence-electron chi connectivity index (χ3n) is 5.49. The number of benzene rings is 2. The number of nitrogens with zero attached hydrogens (tertiary/aromatic N) is 3. The summed E-state index contributed by atoms with van der Waals surface area (Å²) in [6.45, 7) is 6.17. The Kier molecular flexibility index (Phi) is 7.82. The number of anilines is 4. The van der Waals surface area contributed by atoms with Gasteiger partial charge in [-0.2, -0.15) is 5.10 Å². The second-order valence-corrected chi connectivity index (χ2v) is 9.74. The van der Waals surface area contributed by atoms with Gasteiger partial charge in [-0.3, -0.25) is 10.1 Å². The molecule has 0 saturated carbocycles. The van der Waals surface area contributed by atoms with Crippen LogP contribution in [0.3, 0.4) is 0 Å². The van der Waals surface area contributed by atoms with E-state index in [0.717, 1.165) is 11.4 Å². The standard InChI is InChI=1S/C27H28ClN7O3/c1-27(2,3)22-15-23(35(34-22)19-9-5-17(28)6-10-19)33-26(37)32-18-7-11-20(12-8-18)38-21-13-14-30-25(31-16-36)24(21)29-4/h5-16,29H,1-4H3,(H,30,31,36)(H2,32,33,37). The second-order valence-electron chi connectivity index (χ2n) is 9.30. The summed E-state index contributed by atoms with van der Waals surface area (Å²) in [4.78, 5) is 27.8. The molecule has 0 saturated heterocycles. The summed E-state index contributed by atoms with van der Waals surface area (Å²) in [6.07, 6.45) is 2.08. The summed E-state index contributed by atoms with van der Waals surface area (Å²) in [5, 5.41) is 16.5. The van der Waals surface area contributed by atoms with Crippen molar-refractivity contribution >= 4 is 47.1 Å². The first-order valence-electron chi connectivity index (χ1n) is 11.8. The van der Waals surface area contributed by atoms with Crippen LogP contribution in [0.1, 0.15) is 26.5 Å². The van der Waals surface area contributed by atoms with Gasteiger partial charge in [-0.1, -0.05) is 32.4 Å². The van der Waals surface area contributed by atoms with Gasteiger partial charge >= 0.3 is 6.03 Å². The third kappa shape index (κ3) is 6.22. The topological polar surface area (TPSA) is 122 Å². The van der Waals surface area contributed by atoms with Gasteiger partial charge in [0.15, 0.2) is 11.6 Å². The number of carbonyl (C=O) groups is 2. The van der Waals surface area contributed by atoms with Gasteiger partial charge in [0.2, 0.25) is 6.41 Å². The lowest BCUT2D eigenvalue weighted by Crippen LogP contribution is -2.21. The molecule has 10 nitrogen and oxygen atoms in total. The van der Waals surface area contributed by atoms with Gasteiger partial charge in [-0.05, 0) is 48.5 Å². The van der Waals surface area contributed by atoms with E-state index in [1.165, 1.54) is 6.20 Å². The zero-order valence-corrected chi connectivity index (χ0v) is 22.1. The summed E-state index contributed by atoms with van der Waals surface area (Å²) in [5.74, 6) is 1.89. The monoisotopic (exact) mass is 533 g/mol. The van der Waals surface area contributed by atoms with Crippen molar-refractivity contribution in [3.8, 4) is 17.2 Å². The van der Waals surface area contributed by atoms with Crippen LogP contribution in [-0.4, -0.2) is 34.3 Å². The van der Waals surface area contributed by atoms with E-state index < -0.39 is 6.03 Å². The van der Waals surface area contributed by atoms with Crippen LogP contribution in [0.5, 0.6) is 11.5 Å². The Labute approximate surface area is 225 Å². The fourth-order valence-electron chi connectivity index (χ4n) is 3.56. The molecule has 0 aliphatic heterocycles. The first-order valence-corrected chi connectivity index (χ1v) is 12.1. The average molecular weight is 534 g/mol. The minimum absolute atomic E-state index is 0.216. The molecule has 0 bridgehead atoms. The lowest BCUT2D eigenvalue weighted by molar-refractivity contribution is -0.105. The highest BCUT2D eigenvalue weighted by molar-refractivity contribution is 6.30.